The first-order valence-corrected chi connectivity index (χ1v) is 7.17. The summed E-state index contributed by atoms with van der Waals surface area (Å²) >= 11 is 6.08. The summed E-state index contributed by atoms with van der Waals surface area (Å²) in [5, 5.41) is 3.13. The number of hydrogen-bond acceptors (Lipinski definition) is 3. The van der Waals surface area contributed by atoms with Crippen LogP contribution >= 0.6 is 11.6 Å². The zero-order chi connectivity index (χ0) is 15.0. The van der Waals surface area contributed by atoms with Crippen molar-refractivity contribution in [3.63, 3.8) is 0 Å². The van der Waals surface area contributed by atoms with Crippen LogP contribution in [0.25, 0.3) is 0 Å². The second kappa shape index (κ2) is 5.61. The Morgan fingerprint density at radius 1 is 1.33 bits per heavy atom. The van der Waals surface area contributed by atoms with Crippen LogP contribution in [0.1, 0.15) is 5.56 Å². The minimum absolute atomic E-state index is 0.0312. The number of halogens is 2. The van der Waals surface area contributed by atoms with E-state index in [1.54, 1.807) is 11.0 Å². The number of fused-ring (bicyclic) bond motifs is 1. The molecule has 2 amide bonds. The lowest BCUT2D eigenvalue weighted by Crippen LogP contribution is -2.65. The Morgan fingerprint density at radius 3 is 2.95 bits per heavy atom. The maximum absolute atomic E-state index is 13.3. The third-order valence-electron chi connectivity index (χ3n) is 3.92. The summed E-state index contributed by atoms with van der Waals surface area (Å²) in [6.45, 7) is 2.77. The molecule has 5 nitrogen and oxygen atoms in total. The monoisotopic (exact) mass is 311 g/mol. The molecule has 1 N–H and O–H groups in total. The Balaban J connectivity index is 1.68. The highest BCUT2D eigenvalue weighted by molar-refractivity contribution is 6.35. The molecule has 2 heterocycles. The van der Waals surface area contributed by atoms with E-state index in [9.17, 15) is 14.0 Å². The van der Waals surface area contributed by atoms with Crippen molar-refractivity contribution in [3.8, 4) is 0 Å². The summed E-state index contributed by atoms with van der Waals surface area (Å²) in [6, 6.07) is 4.28. The van der Waals surface area contributed by atoms with Gasteiger partial charge in [0.15, 0.2) is 0 Å². The molecule has 0 aliphatic carbocycles. The van der Waals surface area contributed by atoms with E-state index < -0.39 is 11.8 Å². The maximum Gasteiger partial charge on any atom is 0.312 e. The lowest BCUT2D eigenvalue weighted by molar-refractivity contribution is -0.152. The van der Waals surface area contributed by atoms with Crippen LogP contribution in [0.15, 0.2) is 18.2 Å². The van der Waals surface area contributed by atoms with E-state index in [-0.39, 0.29) is 11.9 Å². The lowest BCUT2D eigenvalue weighted by Gasteiger charge is -2.43. The number of carbonyl (C=O) groups excluding carboxylic acids is 2. The van der Waals surface area contributed by atoms with Crippen molar-refractivity contribution in [3.05, 3.63) is 34.6 Å². The Morgan fingerprint density at radius 2 is 2.14 bits per heavy atom. The second-order valence-corrected chi connectivity index (χ2v) is 5.74. The van der Waals surface area contributed by atoms with Crippen molar-refractivity contribution < 1.29 is 14.0 Å². The first kappa shape index (κ1) is 14.3. The molecule has 0 unspecified atom stereocenters. The van der Waals surface area contributed by atoms with Crippen LogP contribution in [-0.2, 0) is 16.1 Å². The van der Waals surface area contributed by atoms with Crippen LogP contribution in [0.2, 0.25) is 5.02 Å². The third-order valence-corrected chi connectivity index (χ3v) is 4.29. The predicted molar refractivity (Wildman–Crippen MR) is 75.2 cm³/mol. The van der Waals surface area contributed by atoms with Crippen LogP contribution in [0, 0.1) is 5.82 Å². The van der Waals surface area contributed by atoms with E-state index in [2.05, 4.69) is 10.2 Å². The molecule has 112 valence electrons. The number of hydrogen-bond donors (Lipinski definition) is 1. The van der Waals surface area contributed by atoms with Crippen molar-refractivity contribution in [2.45, 2.75) is 12.6 Å². The molecule has 21 heavy (non-hydrogen) atoms. The van der Waals surface area contributed by atoms with Gasteiger partial charge in [0, 0.05) is 37.7 Å². The molecule has 2 aliphatic rings. The fourth-order valence-electron chi connectivity index (χ4n) is 2.83. The summed E-state index contributed by atoms with van der Waals surface area (Å²) in [4.78, 5) is 26.8. The van der Waals surface area contributed by atoms with Crippen molar-refractivity contribution in [2.75, 3.05) is 26.2 Å². The summed E-state index contributed by atoms with van der Waals surface area (Å²) in [7, 11) is 0. The highest BCUT2D eigenvalue weighted by Crippen LogP contribution is 2.21. The summed E-state index contributed by atoms with van der Waals surface area (Å²) in [6.07, 6.45) is 0. The summed E-state index contributed by atoms with van der Waals surface area (Å²) in [5.41, 5.74) is 0.733. The average Bonchev–Trinajstić information content (AvgIpc) is 2.47. The predicted octanol–water partition coefficient (Wildman–Crippen LogP) is 0.622. The van der Waals surface area contributed by atoms with E-state index in [0.29, 0.717) is 37.7 Å². The normalized spacial score (nSPS) is 23.0. The van der Waals surface area contributed by atoms with Crippen LogP contribution < -0.4 is 5.32 Å². The molecule has 0 aromatic heterocycles. The largest absolute Gasteiger partial charge is 0.346 e. The third kappa shape index (κ3) is 2.87. The first-order valence-electron chi connectivity index (χ1n) is 6.79. The number of nitrogens with zero attached hydrogens (tertiary/aromatic N) is 2. The standard InChI is InChI=1S/C14H15ClFN3O2/c15-12-2-1-10(16)5-9(12)7-18-3-4-19-11(8-18)6-17-13(20)14(19)21/h1-2,5,11H,3-4,6-8H2,(H,17,20)/t11-/m1/s1. The van der Waals surface area contributed by atoms with Gasteiger partial charge in [0.1, 0.15) is 5.82 Å². The van der Waals surface area contributed by atoms with Gasteiger partial charge in [0.2, 0.25) is 0 Å². The van der Waals surface area contributed by atoms with Gasteiger partial charge in [-0.15, -0.1) is 0 Å². The quantitative estimate of drug-likeness (QED) is 0.815. The SMILES string of the molecule is O=C1NC[C@@H]2CN(Cc3cc(F)ccc3Cl)CCN2C1=O. The average molecular weight is 312 g/mol. The van der Waals surface area contributed by atoms with Crippen molar-refractivity contribution >= 4 is 23.4 Å². The molecule has 0 saturated carbocycles. The molecular formula is C14H15ClFN3O2. The minimum atomic E-state index is -0.534. The molecule has 1 aromatic rings. The van der Waals surface area contributed by atoms with Gasteiger partial charge in [-0.25, -0.2) is 4.39 Å². The number of piperazine rings is 2. The van der Waals surface area contributed by atoms with Gasteiger partial charge in [-0.3, -0.25) is 14.5 Å². The molecule has 1 atom stereocenters. The minimum Gasteiger partial charge on any atom is -0.346 e. The first-order chi connectivity index (χ1) is 10.0. The molecule has 0 spiro atoms. The second-order valence-electron chi connectivity index (χ2n) is 5.33. The molecule has 2 saturated heterocycles. The van der Waals surface area contributed by atoms with Gasteiger partial charge >= 0.3 is 11.8 Å². The van der Waals surface area contributed by atoms with E-state index in [1.165, 1.54) is 12.1 Å². The van der Waals surface area contributed by atoms with Gasteiger partial charge < -0.3 is 10.2 Å². The fraction of sp³-hybridized carbons (Fsp3) is 0.429. The van der Waals surface area contributed by atoms with Crippen molar-refractivity contribution in [1.82, 2.24) is 15.1 Å². The van der Waals surface area contributed by atoms with Crippen molar-refractivity contribution in [1.29, 1.82) is 0 Å². The Hall–Kier alpha value is -1.66. The molecule has 0 bridgehead atoms. The van der Waals surface area contributed by atoms with E-state index >= 15 is 0 Å². The van der Waals surface area contributed by atoms with Crippen LogP contribution in [0.3, 0.4) is 0 Å². The molecule has 7 heteroatoms. The number of amides is 2. The van der Waals surface area contributed by atoms with Crippen LogP contribution in [0.5, 0.6) is 0 Å². The maximum atomic E-state index is 13.3. The number of nitrogens with one attached hydrogen (secondary N) is 1. The molecular weight excluding hydrogens is 297 g/mol. The summed E-state index contributed by atoms with van der Waals surface area (Å²) in [5.74, 6) is -1.31. The smallest absolute Gasteiger partial charge is 0.312 e. The molecule has 1 aromatic carbocycles. The number of carbonyl (C=O) groups is 2. The van der Waals surface area contributed by atoms with Gasteiger partial charge in [-0.1, -0.05) is 11.6 Å². The molecule has 3 rings (SSSR count). The number of rotatable bonds is 2. The highest BCUT2D eigenvalue weighted by Gasteiger charge is 2.37. The van der Waals surface area contributed by atoms with Crippen molar-refractivity contribution in [2.24, 2.45) is 0 Å². The van der Waals surface area contributed by atoms with Crippen LogP contribution in [0.4, 0.5) is 4.39 Å². The fourth-order valence-corrected chi connectivity index (χ4v) is 3.00. The van der Waals surface area contributed by atoms with Gasteiger partial charge in [-0.2, -0.15) is 0 Å². The zero-order valence-corrected chi connectivity index (χ0v) is 12.1. The van der Waals surface area contributed by atoms with Crippen LogP contribution in [-0.4, -0.2) is 53.8 Å². The summed E-state index contributed by atoms with van der Waals surface area (Å²) < 4.78 is 13.3. The zero-order valence-electron chi connectivity index (χ0n) is 11.3. The topological polar surface area (TPSA) is 52.7 Å². The Labute approximate surface area is 126 Å². The number of benzene rings is 1. The molecule has 2 aliphatic heterocycles. The van der Waals surface area contributed by atoms with E-state index in [0.717, 1.165) is 5.56 Å². The Bertz CT molecular complexity index is 596. The molecule has 0 radical (unpaired) electrons. The van der Waals surface area contributed by atoms with Gasteiger partial charge in [0.05, 0.1) is 6.04 Å². The van der Waals surface area contributed by atoms with E-state index in [1.807, 2.05) is 0 Å². The van der Waals surface area contributed by atoms with Gasteiger partial charge in [-0.05, 0) is 23.8 Å². The lowest BCUT2D eigenvalue weighted by atomic mass is 10.1. The van der Waals surface area contributed by atoms with E-state index in [4.69, 9.17) is 11.6 Å². The molecule has 2 fully saturated rings. The highest BCUT2D eigenvalue weighted by atomic mass is 35.5. The van der Waals surface area contributed by atoms with Gasteiger partial charge in [0.25, 0.3) is 0 Å². The Kier molecular flexibility index (Phi) is 3.82.